The molecule has 1 fully saturated rings. The number of hydrogen-bond acceptors (Lipinski definition) is 4. The Hall–Kier alpha value is -2.73. The Morgan fingerprint density at radius 2 is 1.96 bits per heavy atom. The molecule has 3 aromatic rings. The average Bonchev–Trinajstić information content (AvgIpc) is 3.12. The van der Waals surface area contributed by atoms with Crippen molar-refractivity contribution in [1.29, 1.82) is 0 Å². The number of carbonyl (C=O) groups is 1. The zero-order chi connectivity index (χ0) is 18.8. The monoisotopic (exact) mass is 367 g/mol. The summed E-state index contributed by atoms with van der Waals surface area (Å²) in [5, 5.41) is 3.65. The molecular weight excluding hydrogens is 345 g/mol. The van der Waals surface area contributed by atoms with Crippen molar-refractivity contribution in [2.45, 2.75) is 31.8 Å². The molecule has 3 heterocycles. The summed E-state index contributed by atoms with van der Waals surface area (Å²) in [6.07, 6.45) is 5.40. The fourth-order valence-corrected chi connectivity index (χ4v) is 3.67. The topological polar surface area (TPSA) is 58.4 Å². The van der Waals surface area contributed by atoms with E-state index in [1.54, 1.807) is 12.1 Å². The molecule has 1 amide bonds. The lowest BCUT2D eigenvalue weighted by atomic mass is 10.0. The molecule has 0 saturated carbocycles. The molecule has 1 N–H and O–H groups in total. The van der Waals surface area contributed by atoms with Crippen LogP contribution in [-0.4, -0.2) is 34.9 Å². The molecule has 0 spiro atoms. The van der Waals surface area contributed by atoms with Gasteiger partial charge in [-0.05, 0) is 61.7 Å². The van der Waals surface area contributed by atoms with E-state index < -0.39 is 0 Å². The zero-order valence-corrected chi connectivity index (χ0v) is 15.2. The van der Waals surface area contributed by atoms with Gasteiger partial charge in [0.15, 0.2) is 5.76 Å². The van der Waals surface area contributed by atoms with E-state index in [4.69, 9.17) is 4.42 Å². The minimum absolute atomic E-state index is 0.114. The summed E-state index contributed by atoms with van der Waals surface area (Å²) in [4.78, 5) is 19.0. The first-order valence-corrected chi connectivity index (χ1v) is 9.24. The van der Waals surface area contributed by atoms with Gasteiger partial charge in [0.25, 0.3) is 5.91 Å². The van der Waals surface area contributed by atoms with Crippen LogP contribution in [0.4, 0.5) is 4.39 Å². The Labute approximate surface area is 157 Å². The van der Waals surface area contributed by atoms with Crippen LogP contribution < -0.4 is 5.32 Å². The van der Waals surface area contributed by atoms with E-state index in [1.165, 1.54) is 17.7 Å². The number of furan rings is 1. The highest BCUT2D eigenvalue weighted by atomic mass is 19.1. The molecular formula is C21H22FN3O2. The predicted molar refractivity (Wildman–Crippen MR) is 101 cm³/mol. The Kier molecular flexibility index (Phi) is 4.90. The number of fused-ring (bicyclic) bond motifs is 1. The van der Waals surface area contributed by atoms with Gasteiger partial charge < -0.3 is 9.73 Å². The maximum Gasteiger partial charge on any atom is 0.287 e. The first kappa shape index (κ1) is 17.7. The molecule has 140 valence electrons. The normalized spacial score (nSPS) is 17.1. The molecule has 6 heteroatoms. The molecule has 0 radical (unpaired) electrons. The van der Waals surface area contributed by atoms with Crippen molar-refractivity contribution in [2.24, 2.45) is 0 Å². The van der Waals surface area contributed by atoms with E-state index in [2.05, 4.69) is 22.1 Å². The molecule has 1 aliphatic heterocycles. The molecule has 1 unspecified atom stereocenters. The van der Waals surface area contributed by atoms with E-state index >= 15 is 0 Å². The highest BCUT2D eigenvalue weighted by Crippen LogP contribution is 2.24. The summed E-state index contributed by atoms with van der Waals surface area (Å²) < 4.78 is 18.8. The number of benzene rings is 1. The molecule has 1 atom stereocenters. The van der Waals surface area contributed by atoms with Crippen molar-refractivity contribution in [3.63, 3.8) is 0 Å². The summed E-state index contributed by atoms with van der Waals surface area (Å²) in [5.41, 5.74) is 1.77. The van der Waals surface area contributed by atoms with Gasteiger partial charge in [-0.1, -0.05) is 0 Å². The molecule has 0 bridgehead atoms. The number of amides is 1. The summed E-state index contributed by atoms with van der Waals surface area (Å²) in [7, 11) is 0. The van der Waals surface area contributed by atoms with E-state index in [0.717, 1.165) is 25.9 Å². The van der Waals surface area contributed by atoms with E-state index in [9.17, 15) is 9.18 Å². The van der Waals surface area contributed by atoms with Crippen molar-refractivity contribution in [3.8, 4) is 0 Å². The number of likely N-dealkylation sites (tertiary alicyclic amines) is 1. The van der Waals surface area contributed by atoms with Crippen LogP contribution in [-0.2, 0) is 0 Å². The highest BCUT2D eigenvalue weighted by Gasteiger charge is 2.25. The Morgan fingerprint density at radius 3 is 2.70 bits per heavy atom. The van der Waals surface area contributed by atoms with Gasteiger partial charge in [0.05, 0.1) is 0 Å². The maximum atomic E-state index is 13.3. The largest absolute Gasteiger partial charge is 0.451 e. The maximum absolute atomic E-state index is 13.3. The van der Waals surface area contributed by atoms with Crippen LogP contribution in [0.3, 0.4) is 0 Å². The number of pyridine rings is 1. The summed E-state index contributed by atoms with van der Waals surface area (Å²) in [6.45, 7) is 4.03. The average molecular weight is 367 g/mol. The Morgan fingerprint density at radius 1 is 1.22 bits per heavy atom. The molecule has 4 rings (SSSR count). The number of carbonyl (C=O) groups excluding carboxylic acids is 1. The van der Waals surface area contributed by atoms with E-state index in [0.29, 0.717) is 17.0 Å². The molecule has 1 saturated heterocycles. The van der Waals surface area contributed by atoms with Gasteiger partial charge in [0.2, 0.25) is 0 Å². The van der Waals surface area contributed by atoms with Crippen molar-refractivity contribution < 1.29 is 13.6 Å². The fourth-order valence-electron chi connectivity index (χ4n) is 3.67. The SMILES string of the molecule is CC(c1ccncc1)N1CCC(NC(=O)c2cc3cc(F)ccc3o2)CC1. The molecule has 1 aliphatic rings. The second-order valence-corrected chi connectivity index (χ2v) is 7.03. The number of nitrogens with one attached hydrogen (secondary N) is 1. The highest BCUT2D eigenvalue weighted by molar-refractivity contribution is 5.96. The number of hydrogen-bond donors (Lipinski definition) is 1. The van der Waals surface area contributed by atoms with Gasteiger partial charge in [0, 0.05) is 43.0 Å². The zero-order valence-electron chi connectivity index (χ0n) is 15.2. The number of piperidine rings is 1. The van der Waals surface area contributed by atoms with Crippen molar-refractivity contribution >= 4 is 16.9 Å². The molecule has 5 nitrogen and oxygen atoms in total. The van der Waals surface area contributed by atoms with Gasteiger partial charge in [-0.25, -0.2) is 4.39 Å². The summed E-state index contributed by atoms with van der Waals surface area (Å²) >= 11 is 0. The molecule has 27 heavy (non-hydrogen) atoms. The van der Waals surface area contributed by atoms with Crippen molar-refractivity contribution in [3.05, 3.63) is 65.9 Å². The third-order valence-electron chi connectivity index (χ3n) is 5.30. The smallest absolute Gasteiger partial charge is 0.287 e. The number of nitrogens with zero attached hydrogens (tertiary/aromatic N) is 2. The van der Waals surface area contributed by atoms with Crippen LogP contribution >= 0.6 is 0 Å². The molecule has 1 aromatic carbocycles. The molecule has 0 aliphatic carbocycles. The standard InChI is InChI=1S/C21H22FN3O2/c1-14(15-4-8-23-9-5-15)25-10-6-18(7-11-25)24-21(26)20-13-16-12-17(22)2-3-19(16)27-20/h2-5,8-9,12-14,18H,6-7,10-11H2,1H3,(H,24,26). The lowest BCUT2D eigenvalue weighted by Gasteiger charge is -2.36. The van der Waals surface area contributed by atoms with Gasteiger partial charge >= 0.3 is 0 Å². The van der Waals surface area contributed by atoms with Crippen LogP contribution in [0.2, 0.25) is 0 Å². The fraction of sp³-hybridized carbons (Fsp3) is 0.333. The first-order chi connectivity index (χ1) is 13.1. The van der Waals surface area contributed by atoms with Crippen LogP contribution in [0.1, 0.15) is 41.9 Å². The van der Waals surface area contributed by atoms with Crippen LogP contribution in [0, 0.1) is 5.82 Å². The van der Waals surface area contributed by atoms with Crippen molar-refractivity contribution in [1.82, 2.24) is 15.2 Å². The number of rotatable bonds is 4. The van der Waals surface area contributed by atoms with Gasteiger partial charge in [-0.3, -0.25) is 14.7 Å². The summed E-state index contributed by atoms with van der Waals surface area (Å²) in [6, 6.07) is 10.4. The van der Waals surface area contributed by atoms with E-state index in [-0.39, 0.29) is 23.5 Å². The van der Waals surface area contributed by atoms with Gasteiger partial charge in [-0.15, -0.1) is 0 Å². The van der Waals surface area contributed by atoms with Crippen LogP contribution in [0.15, 0.2) is 53.2 Å². The lowest BCUT2D eigenvalue weighted by Crippen LogP contribution is -2.45. The minimum atomic E-state index is -0.342. The van der Waals surface area contributed by atoms with Crippen LogP contribution in [0.5, 0.6) is 0 Å². The summed E-state index contributed by atoms with van der Waals surface area (Å²) in [5.74, 6) is -0.360. The second kappa shape index (κ2) is 7.48. The minimum Gasteiger partial charge on any atom is -0.451 e. The van der Waals surface area contributed by atoms with Gasteiger partial charge in [0.1, 0.15) is 11.4 Å². The third kappa shape index (κ3) is 3.85. The number of aromatic nitrogens is 1. The number of halogens is 1. The second-order valence-electron chi connectivity index (χ2n) is 7.03. The van der Waals surface area contributed by atoms with Gasteiger partial charge in [-0.2, -0.15) is 0 Å². The third-order valence-corrected chi connectivity index (χ3v) is 5.30. The lowest BCUT2D eigenvalue weighted by molar-refractivity contribution is 0.0871. The van der Waals surface area contributed by atoms with Crippen molar-refractivity contribution in [2.75, 3.05) is 13.1 Å². The quantitative estimate of drug-likeness (QED) is 0.759. The van der Waals surface area contributed by atoms with E-state index in [1.807, 2.05) is 24.5 Å². The Balaban J connectivity index is 1.35. The molecule has 2 aromatic heterocycles. The van der Waals surface area contributed by atoms with Crippen LogP contribution in [0.25, 0.3) is 11.0 Å². The Bertz CT molecular complexity index is 933. The predicted octanol–water partition coefficient (Wildman–Crippen LogP) is 3.92. The first-order valence-electron chi connectivity index (χ1n) is 9.24.